The Morgan fingerprint density at radius 2 is 1.71 bits per heavy atom. The summed E-state index contributed by atoms with van der Waals surface area (Å²) in [6.07, 6.45) is 1.23. The minimum Gasteiger partial charge on any atom is -0.504 e. The fraction of sp³-hybridized carbons (Fsp3) is 0.0714. The number of phenols is 2. The molecule has 0 atom stereocenters. The third-order valence-corrected chi connectivity index (χ3v) is 3.96. The zero-order valence-electron chi connectivity index (χ0n) is 11.2. The molecule has 0 spiro atoms. The highest BCUT2D eigenvalue weighted by Crippen LogP contribution is 2.23. The number of hydrogen-bond donors (Lipinski definition) is 3. The van der Waals surface area contributed by atoms with E-state index in [0.29, 0.717) is 5.56 Å². The molecule has 3 N–H and O–H groups in total. The third-order valence-electron chi connectivity index (χ3n) is 2.72. The number of nitrogens with one attached hydrogen (secondary N) is 1. The van der Waals surface area contributed by atoms with Crippen LogP contribution in [-0.2, 0) is 10.0 Å². The lowest BCUT2D eigenvalue weighted by Crippen LogP contribution is -2.18. The molecule has 0 amide bonds. The van der Waals surface area contributed by atoms with Gasteiger partial charge in [0.2, 0.25) is 0 Å². The van der Waals surface area contributed by atoms with Gasteiger partial charge in [0.05, 0.1) is 11.1 Å². The van der Waals surface area contributed by atoms with Gasteiger partial charge in [-0.15, -0.1) is 0 Å². The minimum absolute atomic E-state index is 0.110. The lowest BCUT2D eigenvalue weighted by molar-refractivity contribution is 0.403. The van der Waals surface area contributed by atoms with Crippen molar-refractivity contribution in [3.63, 3.8) is 0 Å². The summed E-state index contributed by atoms with van der Waals surface area (Å²) in [5.41, 5.74) is 1.40. The second-order valence-corrected chi connectivity index (χ2v) is 6.07. The number of hydrazone groups is 1. The molecular weight excluding hydrogens is 292 g/mol. The molecule has 0 aliphatic heterocycles. The smallest absolute Gasteiger partial charge is 0.276 e. The predicted molar refractivity (Wildman–Crippen MR) is 78.9 cm³/mol. The molecule has 2 rings (SSSR count). The zero-order chi connectivity index (χ0) is 15.5. The van der Waals surface area contributed by atoms with Crippen molar-refractivity contribution in [2.24, 2.45) is 5.10 Å². The number of aryl methyl sites for hydroxylation is 1. The van der Waals surface area contributed by atoms with Crippen molar-refractivity contribution in [2.75, 3.05) is 0 Å². The number of hydrogen-bond acceptors (Lipinski definition) is 5. The quantitative estimate of drug-likeness (QED) is 0.455. The van der Waals surface area contributed by atoms with Gasteiger partial charge in [0, 0.05) is 0 Å². The Hall–Kier alpha value is -2.54. The van der Waals surface area contributed by atoms with Crippen LogP contribution in [0.25, 0.3) is 0 Å². The molecule has 0 aliphatic carbocycles. The summed E-state index contributed by atoms with van der Waals surface area (Å²) in [5.74, 6) is -0.562. The Morgan fingerprint density at radius 1 is 1.05 bits per heavy atom. The zero-order valence-corrected chi connectivity index (χ0v) is 12.0. The van der Waals surface area contributed by atoms with Crippen LogP contribution in [0.4, 0.5) is 0 Å². The van der Waals surface area contributed by atoms with Gasteiger partial charge in [-0.25, -0.2) is 4.83 Å². The molecular formula is C14H14N2O4S. The van der Waals surface area contributed by atoms with E-state index < -0.39 is 10.0 Å². The molecule has 21 heavy (non-hydrogen) atoms. The van der Waals surface area contributed by atoms with E-state index in [0.717, 1.165) is 5.56 Å². The second kappa shape index (κ2) is 5.84. The van der Waals surface area contributed by atoms with Gasteiger partial charge in [-0.2, -0.15) is 13.5 Å². The first-order chi connectivity index (χ1) is 9.88. The molecule has 0 fully saturated rings. The van der Waals surface area contributed by atoms with Crippen LogP contribution in [0.15, 0.2) is 52.5 Å². The third kappa shape index (κ3) is 3.73. The monoisotopic (exact) mass is 306 g/mol. The molecule has 0 unspecified atom stereocenters. The number of nitrogens with zero attached hydrogens (tertiary/aromatic N) is 1. The summed E-state index contributed by atoms with van der Waals surface area (Å²) in [7, 11) is -3.73. The van der Waals surface area contributed by atoms with Crippen LogP contribution in [0.1, 0.15) is 11.1 Å². The van der Waals surface area contributed by atoms with Gasteiger partial charge in [-0.1, -0.05) is 17.7 Å². The summed E-state index contributed by atoms with van der Waals surface area (Å²) in [4.78, 5) is 2.18. The van der Waals surface area contributed by atoms with Crippen LogP contribution in [0.2, 0.25) is 0 Å². The fourth-order valence-corrected chi connectivity index (χ4v) is 2.35. The summed E-state index contributed by atoms with van der Waals surface area (Å²) < 4.78 is 23.9. The summed E-state index contributed by atoms with van der Waals surface area (Å²) in [6.45, 7) is 1.86. The van der Waals surface area contributed by atoms with Gasteiger partial charge in [0.15, 0.2) is 11.5 Å². The lowest BCUT2D eigenvalue weighted by atomic mass is 10.2. The summed E-state index contributed by atoms with van der Waals surface area (Å²) in [5, 5.41) is 22.1. The Balaban J connectivity index is 2.12. The van der Waals surface area contributed by atoms with E-state index in [9.17, 15) is 13.5 Å². The molecule has 6 nitrogen and oxygen atoms in total. The molecule has 2 aromatic rings. The van der Waals surface area contributed by atoms with Gasteiger partial charge < -0.3 is 10.2 Å². The van der Waals surface area contributed by atoms with Crippen molar-refractivity contribution in [3.05, 3.63) is 53.6 Å². The van der Waals surface area contributed by atoms with Crippen LogP contribution >= 0.6 is 0 Å². The van der Waals surface area contributed by atoms with E-state index in [2.05, 4.69) is 9.93 Å². The topological polar surface area (TPSA) is 99.0 Å². The number of aromatic hydroxyl groups is 2. The molecule has 110 valence electrons. The largest absolute Gasteiger partial charge is 0.504 e. The lowest BCUT2D eigenvalue weighted by Gasteiger charge is -2.03. The first-order valence-corrected chi connectivity index (χ1v) is 7.50. The molecule has 0 bridgehead atoms. The molecule has 0 heterocycles. The predicted octanol–water partition coefficient (Wildman–Crippen LogP) is 1.72. The van der Waals surface area contributed by atoms with Gasteiger partial charge in [0.1, 0.15) is 0 Å². The van der Waals surface area contributed by atoms with Crippen LogP contribution in [0, 0.1) is 6.92 Å². The normalized spacial score (nSPS) is 11.7. The Bertz CT molecular complexity index is 768. The Morgan fingerprint density at radius 3 is 2.33 bits per heavy atom. The highest BCUT2D eigenvalue weighted by atomic mass is 32.2. The Labute approximate surface area is 122 Å². The molecule has 0 saturated heterocycles. The Kier molecular flexibility index (Phi) is 4.13. The molecule has 2 aromatic carbocycles. The van der Waals surface area contributed by atoms with Gasteiger partial charge in [-0.3, -0.25) is 0 Å². The molecule has 0 aliphatic rings. The van der Waals surface area contributed by atoms with Crippen molar-refractivity contribution in [2.45, 2.75) is 11.8 Å². The highest BCUT2D eigenvalue weighted by molar-refractivity contribution is 7.89. The maximum absolute atomic E-state index is 11.9. The maximum atomic E-state index is 11.9. The average molecular weight is 306 g/mol. The van der Waals surface area contributed by atoms with E-state index >= 15 is 0 Å². The summed E-state index contributed by atoms with van der Waals surface area (Å²) in [6, 6.07) is 10.4. The average Bonchev–Trinajstić information content (AvgIpc) is 2.43. The number of phenolic OH excluding ortho intramolecular Hbond substituents is 2. The van der Waals surface area contributed by atoms with Crippen LogP contribution in [0.3, 0.4) is 0 Å². The van der Waals surface area contributed by atoms with E-state index in [1.165, 1.54) is 36.5 Å². The van der Waals surface area contributed by atoms with E-state index in [4.69, 9.17) is 5.11 Å². The van der Waals surface area contributed by atoms with Crippen molar-refractivity contribution in [1.29, 1.82) is 0 Å². The molecule has 7 heteroatoms. The minimum atomic E-state index is -3.73. The van der Waals surface area contributed by atoms with Crippen molar-refractivity contribution < 1.29 is 18.6 Å². The van der Waals surface area contributed by atoms with Crippen LogP contribution in [0.5, 0.6) is 11.5 Å². The highest BCUT2D eigenvalue weighted by Gasteiger charge is 2.11. The van der Waals surface area contributed by atoms with E-state index in [1.54, 1.807) is 12.1 Å². The number of benzene rings is 2. The van der Waals surface area contributed by atoms with Crippen molar-refractivity contribution in [1.82, 2.24) is 4.83 Å². The van der Waals surface area contributed by atoms with Crippen molar-refractivity contribution in [3.8, 4) is 11.5 Å². The first-order valence-electron chi connectivity index (χ1n) is 6.02. The van der Waals surface area contributed by atoms with Crippen molar-refractivity contribution >= 4 is 16.2 Å². The molecule has 0 radical (unpaired) electrons. The SMILES string of the molecule is Cc1ccc(S(=O)(=O)N/N=C\c2ccc(O)c(O)c2)cc1. The summed E-state index contributed by atoms with van der Waals surface area (Å²) >= 11 is 0. The maximum Gasteiger partial charge on any atom is 0.276 e. The van der Waals surface area contributed by atoms with Gasteiger partial charge >= 0.3 is 0 Å². The molecule has 0 saturated carbocycles. The van der Waals surface area contributed by atoms with Crippen LogP contribution in [-0.4, -0.2) is 24.8 Å². The first kappa shape index (κ1) is 14.9. The molecule has 0 aromatic heterocycles. The van der Waals surface area contributed by atoms with Gasteiger partial charge in [-0.05, 0) is 42.8 Å². The fourth-order valence-electron chi connectivity index (χ4n) is 1.56. The van der Waals surface area contributed by atoms with E-state index in [1.807, 2.05) is 6.92 Å². The van der Waals surface area contributed by atoms with E-state index in [-0.39, 0.29) is 16.4 Å². The number of sulfonamides is 1. The standard InChI is InChI=1S/C14H14N2O4S/c1-10-2-5-12(6-3-10)21(19,20)16-15-9-11-4-7-13(17)14(18)8-11/h2-9,16-18H,1H3/b15-9-. The van der Waals surface area contributed by atoms with Crippen LogP contribution < -0.4 is 4.83 Å². The van der Waals surface area contributed by atoms with Gasteiger partial charge in [0.25, 0.3) is 10.0 Å². The number of rotatable bonds is 4. The second-order valence-electron chi connectivity index (χ2n) is 4.41.